The van der Waals surface area contributed by atoms with Crippen LogP contribution in [0.3, 0.4) is 0 Å². The molecule has 5 atom stereocenters. The number of unbranched alkanes of at least 4 members (excludes halogenated alkanes) is 1. The molecule has 0 aliphatic rings. The molecule has 0 rings (SSSR count). The summed E-state index contributed by atoms with van der Waals surface area (Å²) in [4.78, 5) is 58.5. The lowest BCUT2D eigenvalue weighted by Gasteiger charge is -2.25. The molecule has 0 spiro atoms. The van der Waals surface area contributed by atoms with Gasteiger partial charge in [-0.2, -0.15) is 0 Å². The van der Waals surface area contributed by atoms with Crippen LogP contribution in [0.25, 0.3) is 0 Å². The lowest BCUT2D eigenvalue weighted by atomic mass is 10.1. The van der Waals surface area contributed by atoms with Crippen molar-refractivity contribution in [2.24, 2.45) is 11.5 Å². The van der Waals surface area contributed by atoms with Crippen molar-refractivity contribution in [3.05, 3.63) is 0 Å². The first-order chi connectivity index (χ1) is 14.4. The average molecular weight is 449 g/mol. The van der Waals surface area contributed by atoms with Gasteiger partial charge in [0.1, 0.15) is 18.1 Å². The zero-order valence-corrected chi connectivity index (χ0v) is 17.1. The van der Waals surface area contributed by atoms with E-state index in [0.29, 0.717) is 25.8 Å². The second kappa shape index (κ2) is 14.2. The summed E-state index contributed by atoms with van der Waals surface area (Å²) in [6.07, 6.45) is -0.819. The normalized spacial score (nSPS) is 15.6. The standard InChI is InChI=1S/C17H31N5O9/c1-8(24)13(22-14(27)9(19)4-2-3-5-18)16(29)21-11(7-23)15(28)20-10(17(30)31)6-12(25)26/h8-11,13,23-24H,2-7,18-19H2,1H3,(H,20,28)(H,21,29)(H,22,27)(H,25,26)(H,30,31). The van der Waals surface area contributed by atoms with Gasteiger partial charge in [-0.05, 0) is 26.3 Å². The molecule has 0 saturated heterocycles. The van der Waals surface area contributed by atoms with Crippen LogP contribution in [0.15, 0.2) is 0 Å². The number of amides is 3. The van der Waals surface area contributed by atoms with Gasteiger partial charge >= 0.3 is 11.9 Å². The molecule has 0 aromatic carbocycles. The fraction of sp³-hybridized carbons (Fsp3) is 0.706. The minimum atomic E-state index is -1.80. The van der Waals surface area contributed by atoms with E-state index >= 15 is 0 Å². The molecule has 14 nitrogen and oxygen atoms in total. The third-order valence-corrected chi connectivity index (χ3v) is 4.18. The van der Waals surface area contributed by atoms with Crippen molar-refractivity contribution in [2.45, 2.75) is 62.9 Å². The van der Waals surface area contributed by atoms with Crippen LogP contribution in [0.1, 0.15) is 32.6 Å². The largest absolute Gasteiger partial charge is 0.481 e. The average Bonchev–Trinajstić information content (AvgIpc) is 2.68. The second-order valence-electron chi connectivity index (χ2n) is 6.86. The number of rotatable bonds is 15. The summed E-state index contributed by atoms with van der Waals surface area (Å²) in [7, 11) is 0. The highest BCUT2D eigenvalue weighted by Crippen LogP contribution is 2.02. The molecular weight excluding hydrogens is 418 g/mol. The first-order valence-electron chi connectivity index (χ1n) is 9.54. The SMILES string of the molecule is CC(O)C(NC(=O)C(N)CCCCN)C(=O)NC(CO)C(=O)NC(CC(=O)O)C(=O)O. The maximum Gasteiger partial charge on any atom is 0.326 e. The topological polar surface area (TPSA) is 254 Å². The minimum Gasteiger partial charge on any atom is -0.481 e. The van der Waals surface area contributed by atoms with Crippen molar-refractivity contribution < 1.29 is 44.4 Å². The predicted molar refractivity (Wildman–Crippen MR) is 105 cm³/mol. The number of aliphatic hydroxyl groups is 2. The molecule has 178 valence electrons. The van der Waals surface area contributed by atoms with Crippen LogP contribution in [0.5, 0.6) is 0 Å². The number of aliphatic carboxylic acids is 2. The Morgan fingerprint density at radius 2 is 1.48 bits per heavy atom. The van der Waals surface area contributed by atoms with E-state index in [-0.39, 0.29) is 0 Å². The van der Waals surface area contributed by atoms with Crippen LogP contribution >= 0.6 is 0 Å². The number of nitrogens with one attached hydrogen (secondary N) is 3. The molecule has 0 saturated carbocycles. The van der Waals surface area contributed by atoms with Crippen LogP contribution in [0, 0.1) is 0 Å². The van der Waals surface area contributed by atoms with Gasteiger partial charge in [0.25, 0.3) is 0 Å². The Kier molecular flexibility index (Phi) is 12.9. The Balaban J connectivity index is 5.09. The quantitative estimate of drug-likeness (QED) is 0.108. The van der Waals surface area contributed by atoms with Gasteiger partial charge in [0.2, 0.25) is 17.7 Å². The number of nitrogens with two attached hydrogens (primary N) is 2. The zero-order chi connectivity index (χ0) is 24.1. The first-order valence-corrected chi connectivity index (χ1v) is 9.54. The maximum absolute atomic E-state index is 12.4. The van der Waals surface area contributed by atoms with Crippen LogP contribution in [-0.2, 0) is 24.0 Å². The highest BCUT2D eigenvalue weighted by Gasteiger charge is 2.32. The predicted octanol–water partition coefficient (Wildman–Crippen LogP) is -4.17. The minimum absolute atomic E-state index is 0.291. The highest BCUT2D eigenvalue weighted by atomic mass is 16.4. The fourth-order valence-corrected chi connectivity index (χ4v) is 2.41. The highest BCUT2D eigenvalue weighted by molar-refractivity contribution is 5.94. The zero-order valence-electron chi connectivity index (χ0n) is 17.1. The molecule has 11 N–H and O–H groups in total. The molecule has 0 aliphatic carbocycles. The summed E-state index contributed by atoms with van der Waals surface area (Å²) in [5, 5.41) is 43.1. The Hall–Kier alpha value is -2.81. The molecule has 3 amide bonds. The monoisotopic (exact) mass is 449 g/mol. The molecule has 0 aromatic heterocycles. The van der Waals surface area contributed by atoms with Crippen molar-refractivity contribution in [1.82, 2.24) is 16.0 Å². The lowest BCUT2D eigenvalue weighted by Crippen LogP contribution is -2.60. The van der Waals surface area contributed by atoms with E-state index in [1.54, 1.807) is 0 Å². The van der Waals surface area contributed by atoms with E-state index in [4.69, 9.17) is 21.7 Å². The number of carboxylic acid groups (broad SMARTS) is 2. The third kappa shape index (κ3) is 10.7. The van der Waals surface area contributed by atoms with E-state index in [1.165, 1.54) is 6.92 Å². The second-order valence-corrected chi connectivity index (χ2v) is 6.86. The first kappa shape index (κ1) is 28.2. The van der Waals surface area contributed by atoms with Crippen molar-refractivity contribution in [3.8, 4) is 0 Å². The molecular formula is C17H31N5O9. The van der Waals surface area contributed by atoms with Crippen molar-refractivity contribution >= 4 is 29.7 Å². The van der Waals surface area contributed by atoms with Crippen LogP contribution in [-0.4, -0.2) is 93.5 Å². The smallest absolute Gasteiger partial charge is 0.326 e. The van der Waals surface area contributed by atoms with Gasteiger partial charge < -0.3 is 47.8 Å². The Labute approximate surface area is 178 Å². The number of hydrogen-bond acceptors (Lipinski definition) is 9. The van der Waals surface area contributed by atoms with Gasteiger partial charge in [0.15, 0.2) is 0 Å². The van der Waals surface area contributed by atoms with Crippen LogP contribution in [0.4, 0.5) is 0 Å². The Bertz CT molecular complexity index is 643. The van der Waals surface area contributed by atoms with Gasteiger partial charge in [0, 0.05) is 0 Å². The molecule has 0 fully saturated rings. The molecule has 0 heterocycles. The van der Waals surface area contributed by atoms with Gasteiger partial charge in [-0.3, -0.25) is 19.2 Å². The lowest BCUT2D eigenvalue weighted by molar-refractivity contribution is -0.147. The number of carbonyl (C=O) groups excluding carboxylic acids is 3. The van der Waals surface area contributed by atoms with Gasteiger partial charge in [0.05, 0.1) is 25.2 Å². The summed E-state index contributed by atoms with van der Waals surface area (Å²) in [5.74, 6) is -6.06. The van der Waals surface area contributed by atoms with E-state index < -0.39 is 73.0 Å². The summed E-state index contributed by atoms with van der Waals surface area (Å²) in [5.41, 5.74) is 11.1. The molecule has 0 aliphatic heterocycles. The van der Waals surface area contributed by atoms with Gasteiger partial charge in [-0.1, -0.05) is 6.42 Å². The molecule has 0 aromatic rings. The van der Waals surface area contributed by atoms with E-state index in [2.05, 4.69) is 10.6 Å². The molecule has 14 heteroatoms. The van der Waals surface area contributed by atoms with Gasteiger partial charge in [-0.25, -0.2) is 4.79 Å². The Morgan fingerprint density at radius 1 is 0.903 bits per heavy atom. The maximum atomic E-state index is 12.4. The number of hydrogen-bond donors (Lipinski definition) is 9. The van der Waals surface area contributed by atoms with Crippen molar-refractivity contribution in [2.75, 3.05) is 13.2 Å². The molecule has 5 unspecified atom stereocenters. The molecule has 31 heavy (non-hydrogen) atoms. The van der Waals surface area contributed by atoms with E-state index in [9.17, 15) is 34.2 Å². The summed E-state index contributed by atoms with van der Waals surface area (Å²) in [6.45, 7) is 0.661. The fourth-order valence-electron chi connectivity index (χ4n) is 2.41. The van der Waals surface area contributed by atoms with Crippen LogP contribution < -0.4 is 27.4 Å². The summed E-state index contributed by atoms with van der Waals surface area (Å²) in [6, 6.07) is -5.96. The molecule has 0 bridgehead atoms. The number of aliphatic hydroxyl groups excluding tert-OH is 2. The van der Waals surface area contributed by atoms with E-state index in [1.807, 2.05) is 5.32 Å². The van der Waals surface area contributed by atoms with E-state index in [0.717, 1.165) is 0 Å². The number of carbonyl (C=O) groups is 5. The van der Waals surface area contributed by atoms with Crippen molar-refractivity contribution in [1.29, 1.82) is 0 Å². The Morgan fingerprint density at radius 3 is 1.94 bits per heavy atom. The summed E-state index contributed by atoms with van der Waals surface area (Å²) < 4.78 is 0. The summed E-state index contributed by atoms with van der Waals surface area (Å²) >= 11 is 0. The van der Waals surface area contributed by atoms with Crippen molar-refractivity contribution in [3.63, 3.8) is 0 Å². The third-order valence-electron chi connectivity index (χ3n) is 4.18. The van der Waals surface area contributed by atoms with Crippen LogP contribution in [0.2, 0.25) is 0 Å². The number of carboxylic acids is 2. The molecule has 0 radical (unpaired) electrons. The van der Waals surface area contributed by atoms with Gasteiger partial charge in [-0.15, -0.1) is 0 Å².